The van der Waals surface area contributed by atoms with Gasteiger partial charge in [-0.25, -0.2) is 15.0 Å². The second kappa shape index (κ2) is 94.3. The smallest absolute Gasteiger partial charge is 0.232 e. The van der Waals surface area contributed by atoms with Gasteiger partial charge in [-0.1, -0.05) is 123 Å². The number of amides is 2. The van der Waals surface area contributed by atoms with Crippen molar-refractivity contribution in [1.82, 2.24) is 44.4 Å². The topological polar surface area (TPSA) is 169 Å². The van der Waals surface area contributed by atoms with E-state index in [9.17, 15) is 19.2 Å². The van der Waals surface area contributed by atoms with E-state index in [1.165, 1.54) is 97.1 Å². The van der Waals surface area contributed by atoms with Crippen LogP contribution in [0.25, 0.3) is 16.0 Å². The van der Waals surface area contributed by atoms with Crippen molar-refractivity contribution in [3.63, 3.8) is 0 Å². The Bertz CT molecular complexity index is 1480. The molecule has 0 aliphatic carbocycles. The summed E-state index contributed by atoms with van der Waals surface area (Å²) in [5.41, 5.74) is 0. The van der Waals surface area contributed by atoms with Crippen LogP contribution >= 0.6 is 0 Å². The minimum absolute atomic E-state index is 0. The maximum absolute atomic E-state index is 12.1. The minimum atomic E-state index is -0.0223. The van der Waals surface area contributed by atoms with Crippen molar-refractivity contribution in [1.29, 1.82) is 0 Å². The first kappa shape index (κ1) is 114. The van der Waals surface area contributed by atoms with E-state index in [2.05, 4.69) is 175 Å². The van der Waals surface area contributed by atoms with Crippen molar-refractivity contribution >= 4 is 23.4 Å². The van der Waals surface area contributed by atoms with Crippen molar-refractivity contribution in [3.05, 3.63) is 54.2 Å². The quantitative estimate of drug-likeness (QED) is 0.0346. The van der Waals surface area contributed by atoms with Gasteiger partial charge in [-0.3, -0.25) is 29.0 Å². The Morgan fingerprint density at radius 3 is 0.737 bits per heavy atom. The first-order valence-corrected chi connectivity index (χ1v) is 38.0. The van der Waals surface area contributed by atoms with E-state index in [1.807, 2.05) is 9.80 Å². The SMILES string of the molecule is C1C[N-]CC[N-]CC[N-]1.CCCCc1nc(CCCC)nc(CCCC)n1.CCCN(CCC)C(=O)CC(=O)N(CCC)CCC.CCCN(CCC)CCCC(=O)CC(=O)CCCN(CCC)CCC.CCCN(CCC)CN(CCC)CCC.[CH2-]C.[CH2-]C.[CH2-]C.[Y].[Y].[Y]. The molecule has 2 amide bonds. The maximum Gasteiger partial charge on any atom is 0.232 e. The number of ketones is 2. The van der Waals surface area contributed by atoms with Gasteiger partial charge in [0.2, 0.25) is 11.8 Å². The van der Waals surface area contributed by atoms with Crippen LogP contribution in [0.2, 0.25) is 0 Å². The number of aryl methyl sites for hydroxylation is 3. The third-order valence-electron chi connectivity index (χ3n) is 14.2. The number of nitrogens with zero attached hydrogens (tertiary/aromatic N) is 12. The molecule has 0 bridgehead atoms. The zero-order valence-corrected chi connectivity index (χ0v) is 74.8. The number of hydrogen-bond donors (Lipinski definition) is 0. The standard InChI is InChI=1S/C21H42N2O2.C15H27N3.C15H30N2O2.C13H30N2.C6H12N3.3C2H5.3Y/c1-5-13-22(14-6-2)17-9-11-20(24)19-21(25)12-10-18-23(15-7-3)16-8-4;1-4-7-10-13-16-14(11-8-5-2)18-15(17-13)12-9-6-3;1-5-9-16(10-6-2)14(18)13-15(19)17(11-7-3)12-8-4;1-5-9-14(10-6-2)13-15(11-7-3)12-8-4;1-2-8-5-6-9-4-3-7-1;3*1-2;;;/h5-19H2,1-4H3;4-12H2,1-3H3;5-13H2,1-4H3;5-13H2,1-4H3;1-6H2;3*1H2,2H3;;;/q;;;;-3;3*-1;;;. The summed E-state index contributed by atoms with van der Waals surface area (Å²) in [7, 11) is 0. The van der Waals surface area contributed by atoms with Gasteiger partial charge in [-0.05, 0) is 175 Å². The third-order valence-corrected chi connectivity index (χ3v) is 14.2. The first-order valence-electron chi connectivity index (χ1n) is 38.0. The summed E-state index contributed by atoms with van der Waals surface area (Å²) >= 11 is 0. The Balaban J connectivity index is -0.000000138. The van der Waals surface area contributed by atoms with Crippen LogP contribution in [0, 0.1) is 20.8 Å². The fraction of sp³-hybridized carbons (Fsp3) is 0.868. The Morgan fingerprint density at radius 2 is 0.526 bits per heavy atom. The van der Waals surface area contributed by atoms with Crippen LogP contribution in [0.1, 0.15) is 296 Å². The van der Waals surface area contributed by atoms with Gasteiger partial charge in [0.1, 0.15) is 35.5 Å². The Labute approximate surface area is 668 Å². The number of unbranched alkanes of at least 4 members (excludes halogenated alkanes) is 3. The molecule has 2 heterocycles. The van der Waals surface area contributed by atoms with E-state index in [1.54, 1.807) is 20.8 Å². The van der Waals surface area contributed by atoms with Gasteiger partial charge >= 0.3 is 0 Å². The largest absolute Gasteiger partial charge is 0.665 e. The second-order valence-electron chi connectivity index (χ2n) is 23.4. The molecular formula is C76H156N12O4Y3-6. The molecule has 16 nitrogen and oxygen atoms in total. The fourth-order valence-corrected chi connectivity index (χ4v) is 10.2. The summed E-state index contributed by atoms with van der Waals surface area (Å²) in [4.78, 5) is 75.7. The molecule has 19 heteroatoms. The first-order chi connectivity index (χ1) is 44.7. The molecule has 95 heavy (non-hydrogen) atoms. The van der Waals surface area contributed by atoms with Gasteiger partial charge in [0.15, 0.2) is 0 Å². The third kappa shape index (κ3) is 78.3. The summed E-state index contributed by atoms with van der Waals surface area (Å²) < 4.78 is 0. The fourth-order valence-electron chi connectivity index (χ4n) is 10.2. The number of Topliss-reactive ketones (excluding diaryl/α,β-unsaturated/α-hetero) is 2. The number of carbonyl (C=O) groups excluding carboxylic acids is 4. The van der Waals surface area contributed by atoms with Crippen LogP contribution in [-0.4, -0.2) is 205 Å². The molecule has 0 saturated carbocycles. The predicted octanol–water partition coefficient (Wildman–Crippen LogP) is 17.7. The number of carbonyl (C=O) groups is 4. The Hall–Kier alpha value is 0.322. The van der Waals surface area contributed by atoms with Crippen molar-refractivity contribution in [2.24, 2.45) is 0 Å². The zero-order chi connectivity index (χ0) is 70.7. The van der Waals surface area contributed by atoms with Crippen LogP contribution in [0.5, 0.6) is 0 Å². The summed E-state index contributed by atoms with van der Waals surface area (Å²) in [5, 5.41) is 12.6. The average Bonchev–Trinajstić information content (AvgIpc) is 1.43. The molecule has 2 rings (SSSR count). The Kier molecular flexibility index (Phi) is 113. The van der Waals surface area contributed by atoms with E-state index < -0.39 is 0 Å². The van der Waals surface area contributed by atoms with Gasteiger partial charge in [0.25, 0.3) is 0 Å². The van der Waals surface area contributed by atoms with Gasteiger partial charge < -0.3 is 56.3 Å². The molecule has 3 radical (unpaired) electrons. The summed E-state index contributed by atoms with van der Waals surface area (Å²) in [5.74, 6) is 3.21. The maximum atomic E-state index is 12.1. The molecular weight excluding hydrogens is 1410 g/mol. The monoisotopic (exact) mass is 1570 g/mol. The molecule has 1 saturated heterocycles. The number of aromatic nitrogens is 3. The van der Waals surface area contributed by atoms with E-state index >= 15 is 0 Å². The average molecular weight is 1570 g/mol. The van der Waals surface area contributed by atoms with Gasteiger partial charge in [0.05, 0.1) is 13.1 Å². The van der Waals surface area contributed by atoms with E-state index in [0.717, 1.165) is 206 Å². The zero-order valence-electron chi connectivity index (χ0n) is 66.3. The summed E-state index contributed by atoms with van der Waals surface area (Å²) in [6.45, 7) is 68.6. The number of hydrogen-bond acceptors (Lipinski definition) is 11. The van der Waals surface area contributed by atoms with Gasteiger partial charge in [0, 0.05) is 156 Å². The van der Waals surface area contributed by atoms with Crippen molar-refractivity contribution < 1.29 is 117 Å². The Morgan fingerprint density at radius 1 is 0.305 bits per heavy atom. The predicted molar refractivity (Wildman–Crippen MR) is 403 cm³/mol. The summed E-state index contributed by atoms with van der Waals surface area (Å²) in [6.07, 6.45) is 26.6. The molecule has 0 spiro atoms. The second-order valence-corrected chi connectivity index (χ2v) is 23.4. The molecule has 0 aromatic carbocycles. The molecule has 559 valence electrons. The number of rotatable bonds is 47. The summed E-state index contributed by atoms with van der Waals surface area (Å²) in [6, 6.07) is 0. The molecule has 1 aliphatic heterocycles. The van der Waals surface area contributed by atoms with Crippen LogP contribution < -0.4 is 0 Å². The molecule has 1 aromatic heterocycles. The molecule has 1 aliphatic rings. The van der Waals surface area contributed by atoms with E-state index in [-0.39, 0.29) is 134 Å². The molecule has 0 unspecified atom stereocenters. The van der Waals surface area contributed by atoms with Gasteiger partial charge in [-0.15, -0.1) is 0 Å². The normalized spacial score (nSPS) is 11.4. The van der Waals surface area contributed by atoms with Gasteiger partial charge in [-0.2, -0.15) is 60.0 Å². The van der Waals surface area contributed by atoms with E-state index in [4.69, 9.17) is 0 Å². The van der Waals surface area contributed by atoms with E-state index in [0.29, 0.717) is 12.8 Å². The molecule has 0 N–H and O–H groups in total. The van der Waals surface area contributed by atoms with Crippen LogP contribution in [-0.2, 0) is 137 Å². The minimum Gasteiger partial charge on any atom is -0.665 e. The molecule has 1 fully saturated rings. The van der Waals surface area contributed by atoms with Crippen LogP contribution in [0.4, 0.5) is 0 Å². The van der Waals surface area contributed by atoms with Crippen molar-refractivity contribution in [3.8, 4) is 0 Å². The molecule has 0 atom stereocenters. The van der Waals surface area contributed by atoms with Crippen LogP contribution in [0.3, 0.4) is 0 Å². The van der Waals surface area contributed by atoms with Crippen molar-refractivity contribution in [2.45, 2.75) is 298 Å². The molecule has 1 aromatic rings. The van der Waals surface area contributed by atoms with Crippen LogP contribution in [0.15, 0.2) is 0 Å². The van der Waals surface area contributed by atoms with Crippen molar-refractivity contribution in [2.75, 3.05) is 138 Å².